The molecule has 0 amide bonds. The van der Waals surface area contributed by atoms with Gasteiger partial charge in [0.2, 0.25) is 0 Å². The van der Waals surface area contributed by atoms with Crippen LogP contribution in [-0.4, -0.2) is 38.0 Å². The zero-order chi connectivity index (χ0) is 10.4. The molecule has 0 aromatic rings. The Balaban J connectivity index is 2.14. The summed E-state index contributed by atoms with van der Waals surface area (Å²) in [6.45, 7) is 11.0. The minimum Gasteiger partial charge on any atom is -0.378 e. The second-order valence-electron chi connectivity index (χ2n) is 4.28. The molecular formula is C11H21NO2. The van der Waals surface area contributed by atoms with E-state index in [1.165, 1.54) is 0 Å². The highest BCUT2D eigenvalue weighted by molar-refractivity contribution is 4.81. The third-order valence-corrected chi connectivity index (χ3v) is 2.18. The first-order chi connectivity index (χ1) is 6.64. The standard InChI is InChI=1S/C11H21NO2/c1-4-5-6-13-8-10-7-12-9-11(2,3)14-10/h4,10,12H,1,5-9H2,2-3H3. The zero-order valence-electron chi connectivity index (χ0n) is 9.21. The van der Waals surface area contributed by atoms with E-state index in [-0.39, 0.29) is 11.7 Å². The summed E-state index contributed by atoms with van der Waals surface area (Å²) in [6.07, 6.45) is 2.96. The lowest BCUT2D eigenvalue weighted by molar-refractivity contribution is -0.119. The molecule has 1 heterocycles. The Kier molecular flexibility index (Phi) is 4.58. The third kappa shape index (κ3) is 4.22. The average molecular weight is 199 g/mol. The minimum atomic E-state index is -0.0648. The van der Waals surface area contributed by atoms with Crippen molar-refractivity contribution in [2.75, 3.05) is 26.3 Å². The molecule has 0 spiro atoms. The van der Waals surface area contributed by atoms with Crippen LogP contribution in [0.15, 0.2) is 12.7 Å². The number of rotatable bonds is 5. The van der Waals surface area contributed by atoms with Crippen LogP contribution in [0.1, 0.15) is 20.3 Å². The van der Waals surface area contributed by atoms with E-state index < -0.39 is 0 Å². The summed E-state index contributed by atoms with van der Waals surface area (Å²) in [4.78, 5) is 0. The predicted octanol–water partition coefficient (Wildman–Crippen LogP) is 1.35. The second kappa shape index (κ2) is 5.49. The smallest absolute Gasteiger partial charge is 0.0940 e. The summed E-state index contributed by atoms with van der Waals surface area (Å²) in [5.41, 5.74) is -0.0648. The van der Waals surface area contributed by atoms with Gasteiger partial charge in [0.25, 0.3) is 0 Å². The van der Waals surface area contributed by atoms with Gasteiger partial charge in [0.1, 0.15) is 0 Å². The van der Waals surface area contributed by atoms with E-state index in [1.54, 1.807) is 0 Å². The van der Waals surface area contributed by atoms with Crippen LogP contribution in [0.5, 0.6) is 0 Å². The molecule has 1 fully saturated rings. The first kappa shape index (κ1) is 11.7. The number of nitrogens with one attached hydrogen (secondary N) is 1. The molecule has 0 bridgehead atoms. The Labute approximate surface area is 86.5 Å². The van der Waals surface area contributed by atoms with Crippen LogP contribution in [0, 0.1) is 0 Å². The molecule has 1 saturated heterocycles. The number of morpholine rings is 1. The summed E-state index contributed by atoms with van der Waals surface area (Å²) in [7, 11) is 0. The van der Waals surface area contributed by atoms with Gasteiger partial charge >= 0.3 is 0 Å². The van der Waals surface area contributed by atoms with Crippen molar-refractivity contribution in [3.8, 4) is 0 Å². The molecule has 14 heavy (non-hydrogen) atoms. The van der Waals surface area contributed by atoms with Gasteiger partial charge in [0, 0.05) is 13.1 Å². The lowest BCUT2D eigenvalue weighted by Gasteiger charge is -2.36. The van der Waals surface area contributed by atoms with Gasteiger partial charge in [-0.1, -0.05) is 6.08 Å². The van der Waals surface area contributed by atoms with Crippen molar-refractivity contribution in [3.63, 3.8) is 0 Å². The third-order valence-electron chi connectivity index (χ3n) is 2.18. The van der Waals surface area contributed by atoms with E-state index in [0.29, 0.717) is 6.61 Å². The summed E-state index contributed by atoms with van der Waals surface area (Å²) in [5, 5.41) is 3.34. The van der Waals surface area contributed by atoms with E-state index in [4.69, 9.17) is 9.47 Å². The molecule has 0 aliphatic carbocycles. The fraction of sp³-hybridized carbons (Fsp3) is 0.818. The predicted molar refractivity (Wildman–Crippen MR) is 57.5 cm³/mol. The van der Waals surface area contributed by atoms with Gasteiger partial charge in [-0.2, -0.15) is 0 Å². The van der Waals surface area contributed by atoms with Crippen LogP contribution in [-0.2, 0) is 9.47 Å². The van der Waals surface area contributed by atoms with Crippen molar-refractivity contribution >= 4 is 0 Å². The fourth-order valence-electron chi connectivity index (χ4n) is 1.54. The maximum Gasteiger partial charge on any atom is 0.0940 e. The molecule has 1 aliphatic heterocycles. The summed E-state index contributed by atoms with van der Waals surface area (Å²) in [5.74, 6) is 0. The molecule has 1 atom stereocenters. The summed E-state index contributed by atoms with van der Waals surface area (Å²) >= 11 is 0. The van der Waals surface area contributed by atoms with E-state index in [1.807, 2.05) is 6.08 Å². The molecule has 3 heteroatoms. The second-order valence-corrected chi connectivity index (χ2v) is 4.28. The monoisotopic (exact) mass is 199 g/mol. The lowest BCUT2D eigenvalue weighted by Crippen LogP contribution is -2.51. The Hall–Kier alpha value is -0.380. The van der Waals surface area contributed by atoms with Crippen LogP contribution in [0.4, 0.5) is 0 Å². The SMILES string of the molecule is C=CCCOCC1CNCC(C)(C)O1. The van der Waals surface area contributed by atoms with Gasteiger partial charge in [-0.15, -0.1) is 6.58 Å². The number of hydrogen-bond donors (Lipinski definition) is 1. The normalized spacial score (nSPS) is 26.0. The Morgan fingerprint density at radius 1 is 1.64 bits per heavy atom. The van der Waals surface area contributed by atoms with Gasteiger partial charge in [-0.3, -0.25) is 0 Å². The van der Waals surface area contributed by atoms with E-state index in [2.05, 4.69) is 25.7 Å². The molecule has 1 unspecified atom stereocenters. The molecule has 1 aliphatic rings. The average Bonchev–Trinajstić information content (AvgIpc) is 2.11. The van der Waals surface area contributed by atoms with E-state index in [0.717, 1.165) is 26.1 Å². The molecule has 0 aromatic heterocycles. The maximum absolute atomic E-state index is 5.84. The van der Waals surface area contributed by atoms with Gasteiger partial charge in [-0.25, -0.2) is 0 Å². The van der Waals surface area contributed by atoms with Crippen LogP contribution >= 0.6 is 0 Å². The van der Waals surface area contributed by atoms with Crippen molar-refractivity contribution in [1.29, 1.82) is 0 Å². The topological polar surface area (TPSA) is 30.5 Å². The van der Waals surface area contributed by atoms with E-state index >= 15 is 0 Å². The zero-order valence-corrected chi connectivity index (χ0v) is 9.21. The Morgan fingerprint density at radius 2 is 2.43 bits per heavy atom. The fourth-order valence-corrected chi connectivity index (χ4v) is 1.54. The highest BCUT2D eigenvalue weighted by atomic mass is 16.5. The highest BCUT2D eigenvalue weighted by Gasteiger charge is 2.27. The molecule has 0 saturated carbocycles. The number of ether oxygens (including phenoxy) is 2. The first-order valence-electron chi connectivity index (χ1n) is 5.21. The Morgan fingerprint density at radius 3 is 3.07 bits per heavy atom. The van der Waals surface area contributed by atoms with Gasteiger partial charge in [-0.05, 0) is 20.3 Å². The molecule has 0 aromatic carbocycles. The first-order valence-corrected chi connectivity index (χ1v) is 5.21. The number of hydrogen-bond acceptors (Lipinski definition) is 3. The summed E-state index contributed by atoms with van der Waals surface area (Å²) < 4.78 is 11.3. The minimum absolute atomic E-state index is 0.0648. The van der Waals surface area contributed by atoms with Gasteiger partial charge in [0.05, 0.1) is 24.9 Å². The highest BCUT2D eigenvalue weighted by Crippen LogP contribution is 2.15. The van der Waals surface area contributed by atoms with Crippen LogP contribution in [0.25, 0.3) is 0 Å². The molecule has 3 nitrogen and oxygen atoms in total. The van der Waals surface area contributed by atoms with Gasteiger partial charge in [0.15, 0.2) is 0 Å². The molecule has 82 valence electrons. The van der Waals surface area contributed by atoms with E-state index in [9.17, 15) is 0 Å². The largest absolute Gasteiger partial charge is 0.378 e. The van der Waals surface area contributed by atoms with Crippen molar-refractivity contribution in [2.45, 2.75) is 32.0 Å². The van der Waals surface area contributed by atoms with Crippen LogP contribution < -0.4 is 5.32 Å². The van der Waals surface area contributed by atoms with Crippen LogP contribution in [0.2, 0.25) is 0 Å². The molecular weight excluding hydrogens is 178 g/mol. The maximum atomic E-state index is 5.84. The molecule has 1 N–H and O–H groups in total. The summed E-state index contributed by atoms with van der Waals surface area (Å²) in [6, 6.07) is 0. The molecule has 0 radical (unpaired) electrons. The van der Waals surface area contributed by atoms with Crippen molar-refractivity contribution in [2.24, 2.45) is 0 Å². The quantitative estimate of drug-likeness (QED) is 0.535. The van der Waals surface area contributed by atoms with Gasteiger partial charge < -0.3 is 14.8 Å². The lowest BCUT2D eigenvalue weighted by atomic mass is 10.1. The van der Waals surface area contributed by atoms with Crippen LogP contribution in [0.3, 0.4) is 0 Å². The van der Waals surface area contributed by atoms with Crippen molar-refractivity contribution in [3.05, 3.63) is 12.7 Å². The molecule has 1 rings (SSSR count). The van der Waals surface area contributed by atoms with Crippen molar-refractivity contribution in [1.82, 2.24) is 5.32 Å². The van der Waals surface area contributed by atoms with Crippen molar-refractivity contribution < 1.29 is 9.47 Å². The Bertz CT molecular complexity index is 180.